The van der Waals surface area contributed by atoms with E-state index >= 15 is 0 Å². The Morgan fingerprint density at radius 1 is 1.35 bits per heavy atom. The summed E-state index contributed by atoms with van der Waals surface area (Å²) in [5, 5.41) is 4.26. The summed E-state index contributed by atoms with van der Waals surface area (Å²) >= 11 is 2.11. The molecule has 0 bridgehead atoms. The first-order valence-corrected chi connectivity index (χ1v) is 10.0. The number of nitrogens with zero attached hydrogens (tertiary/aromatic N) is 2. The predicted octanol–water partition coefficient (Wildman–Crippen LogP) is 3.60. The number of hydrogen-bond donors (Lipinski definition) is 1. The van der Waals surface area contributed by atoms with Crippen LogP contribution >= 0.6 is 35.7 Å². The van der Waals surface area contributed by atoms with Crippen LogP contribution in [0.3, 0.4) is 0 Å². The van der Waals surface area contributed by atoms with Gasteiger partial charge in [0.1, 0.15) is 0 Å². The van der Waals surface area contributed by atoms with Crippen LogP contribution in [0.4, 0.5) is 0 Å². The van der Waals surface area contributed by atoms with Crippen molar-refractivity contribution in [1.82, 2.24) is 10.2 Å². The van der Waals surface area contributed by atoms with Crippen LogP contribution in [0.1, 0.15) is 46.5 Å². The standard InChI is InChI=1S/C17H33N3OS.HI/c1-4-15-13-20(10-12-22-15)16(18-5-2)19-14-17(7-8-17)9-11-21-6-3;/h15H,4-14H2,1-3H3,(H,18,19);1H. The molecule has 6 heteroatoms. The third-order valence-corrected chi connectivity index (χ3v) is 6.10. The Bertz CT molecular complexity index is 364. The van der Waals surface area contributed by atoms with Gasteiger partial charge >= 0.3 is 0 Å². The topological polar surface area (TPSA) is 36.9 Å². The molecule has 23 heavy (non-hydrogen) atoms. The van der Waals surface area contributed by atoms with Gasteiger partial charge in [0.25, 0.3) is 0 Å². The third-order valence-electron chi connectivity index (χ3n) is 4.73. The second kappa shape index (κ2) is 11.0. The number of halogens is 1. The number of guanidine groups is 1. The minimum Gasteiger partial charge on any atom is -0.382 e. The molecule has 0 aromatic rings. The van der Waals surface area contributed by atoms with Crippen LogP contribution in [0.2, 0.25) is 0 Å². The average molecular weight is 455 g/mol. The van der Waals surface area contributed by atoms with Crippen LogP contribution in [0.25, 0.3) is 0 Å². The highest BCUT2D eigenvalue weighted by molar-refractivity contribution is 14.0. The summed E-state index contributed by atoms with van der Waals surface area (Å²) in [4.78, 5) is 7.45. The SMILES string of the molecule is CCNC(=NCC1(CCOCC)CC1)N1CCSC(CC)C1.I. The van der Waals surface area contributed by atoms with Crippen LogP contribution in [0.5, 0.6) is 0 Å². The maximum Gasteiger partial charge on any atom is 0.193 e. The molecule has 0 radical (unpaired) electrons. The van der Waals surface area contributed by atoms with Crippen molar-refractivity contribution in [2.75, 3.05) is 45.1 Å². The Morgan fingerprint density at radius 3 is 2.74 bits per heavy atom. The van der Waals surface area contributed by atoms with Crippen molar-refractivity contribution >= 4 is 41.7 Å². The zero-order valence-electron chi connectivity index (χ0n) is 15.0. The summed E-state index contributed by atoms with van der Waals surface area (Å²) in [6.45, 7) is 12.4. The van der Waals surface area contributed by atoms with E-state index in [0.29, 0.717) is 5.41 Å². The smallest absolute Gasteiger partial charge is 0.193 e. The van der Waals surface area contributed by atoms with Gasteiger partial charge in [-0.05, 0) is 44.9 Å². The van der Waals surface area contributed by atoms with Crippen molar-refractivity contribution in [2.24, 2.45) is 10.4 Å². The second-order valence-corrected chi connectivity index (χ2v) is 7.87. The molecule has 0 aromatic carbocycles. The average Bonchev–Trinajstić information content (AvgIpc) is 3.32. The minimum absolute atomic E-state index is 0. The molecular weight excluding hydrogens is 421 g/mol. The number of nitrogens with one attached hydrogen (secondary N) is 1. The Hall–Kier alpha value is 0.310. The molecule has 1 unspecified atom stereocenters. The van der Waals surface area contributed by atoms with Gasteiger partial charge in [0.15, 0.2) is 5.96 Å². The van der Waals surface area contributed by atoms with Crippen molar-refractivity contribution in [3.05, 3.63) is 0 Å². The highest BCUT2D eigenvalue weighted by Gasteiger charge is 2.42. The molecule has 2 aliphatic rings. The lowest BCUT2D eigenvalue weighted by atomic mass is 10.0. The molecule has 1 saturated heterocycles. The summed E-state index contributed by atoms with van der Waals surface area (Å²) < 4.78 is 5.53. The zero-order chi connectivity index (χ0) is 15.8. The second-order valence-electron chi connectivity index (χ2n) is 6.46. The number of rotatable bonds is 8. The molecule has 1 aliphatic heterocycles. The van der Waals surface area contributed by atoms with Gasteiger partial charge < -0.3 is 15.0 Å². The van der Waals surface area contributed by atoms with Gasteiger partial charge in [-0.15, -0.1) is 24.0 Å². The molecule has 136 valence electrons. The number of ether oxygens (including phenoxy) is 1. The van der Waals surface area contributed by atoms with E-state index in [-0.39, 0.29) is 24.0 Å². The van der Waals surface area contributed by atoms with E-state index in [4.69, 9.17) is 9.73 Å². The summed E-state index contributed by atoms with van der Waals surface area (Å²) in [5.74, 6) is 2.35. The monoisotopic (exact) mass is 455 g/mol. The Balaban J connectivity index is 0.00000264. The van der Waals surface area contributed by atoms with Crippen LogP contribution in [-0.2, 0) is 4.74 Å². The minimum atomic E-state index is 0. The van der Waals surface area contributed by atoms with Crippen molar-refractivity contribution in [2.45, 2.75) is 51.7 Å². The molecule has 1 aliphatic carbocycles. The van der Waals surface area contributed by atoms with E-state index in [9.17, 15) is 0 Å². The summed E-state index contributed by atoms with van der Waals surface area (Å²) in [5.41, 5.74) is 0.435. The van der Waals surface area contributed by atoms with Gasteiger partial charge in [0.2, 0.25) is 0 Å². The largest absolute Gasteiger partial charge is 0.382 e. The van der Waals surface area contributed by atoms with Crippen molar-refractivity contribution < 1.29 is 4.74 Å². The van der Waals surface area contributed by atoms with E-state index < -0.39 is 0 Å². The highest BCUT2D eigenvalue weighted by Crippen LogP contribution is 2.49. The first-order valence-electron chi connectivity index (χ1n) is 8.95. The fourth-order valence-electron chi connectivity index (χ4n) is 2.92. The van der Waals surface area contributed by atoms with Crippen LogP contribution < -0.4 is 5.32 Å². The maximum absolute atomic E-state index is 5.53. The lowest BCUT2D eigenvalue weighted by molar-refractivity contribution is 0.129. The van der Waals surface area contributed by atoms with Crippen LogP contribution in [0.15, 0.2) is 4.99 Å². The normalized spacial score (nSPS) is 23.3. The molecule has 1 heterocycles. The first kappa shape index (κ1) is 21.4. The number of hydrogen-bond acceptors (Lipinski definition) is 3. The molecule has 1 atom stereocenters. The summed E-state index contributed by atoms with van der Waals surface area (Å²) in [7, 11) is 0. The number of thioether (sulfide) groups is 1. The van der Waals surface area contributed by atoms with Gasteiger partial charge in [-0.2, -0.15) is 11.8 Å². The van der Waals surface area contributed by atoms with Gasteiger partial charge in [0, 0.05) is 50.4 Å². The Morgan fingerprint density at radius 2 is 2.13 bits per heavy atom. The van der Waals surface area contributed by atoms with E-state index in [1.54, 1.807) is 0 Å². The quantitative estimate of drug-likeness (QED) is 0.263. The van der Waals surface area contributed by atoms with Crippen molar-refractivity contribution in [3.8, 4) is 0 Å². The zero-order valence-corrected chi connectivity index (χ0v) is 18.1. The Labute approximate surface area is 163 Å². The predicted molar refractivity (Wildman–Crippen MR) is 112 cm³/mol. The molecule has 4 nitrogen and oxygen atoms in total. The Kier molecular flexibility index (Phi) is 10.2. The van der Waals surface area contributed by atoms with Crippen LogP contribution in [-0.4, -0.2) is 61.3 Å². The third kappa shape index (κ3) is 6.98. The van der Waals surface area contributed by atoms with Gasteiger partial charge in [-0.25, -0.2) is 0 Å². The molecular formula is C17H34IN3OS. The van der Waals surface area contributed by atoms with Crippen molar-refractivity contribution in [3.63, 3.8) is 0 Å². The maximum atomic E-state index is 5.53. The van der Waals surface area contributed by atoms with E-state index in [0.717, 1.165) is 57.0 Å². The summed E-state index contributed by atoms with van der Waals surface area (Å²) in [6, 6.07) is 0. The molecule has 0 spiro atoms. The highest BCUT2D eigenvalue weighted by atomic mass is 127. The molecule has 0 amide bonds. The molecule has 0 aromatic heterocycles. The van der Waals surface area contributed by atoms with E-state index in [2.05, 4.69) is 42.7 Å². The summed E-state index contributed by atoms with van der Waals surface area (Å²) in [6.07, 6.45) is 5.04. The molecule has 2 rings (SSSR count). The molecule has 2 fully saturated rings. The molecule has 1 saturated carbocycles. The molecule has 1 N–H and O–H groups in total. The lowest BCUT2D eigenvalue weighted by Crippen LogP contribution is -2.48. The van der Waals surface area contributed by atoms with E-state index in [1.807, 2.05) is 0 Å². The fourth-order valence-corrected chi connectivity index (χ4v) is 4.10. The number of aliphatic imine (C=N–C) groups is 1. The first-order chi connectivity index (χ1) is 10.7. The lowest BCUT2D eigenvalue weighted by Gasteiger charge is -2.34. The van der Waals surface area contributed by atoms with Gasteiger partial charge in [-0.3, -0.25) is 4.99 Å². The van der Waals surface area contributed by atoms with Gasteiger partial charge in [-0.1, -0.05) is 6.92 Å². The van der Waals surface area contributed by atoms with Gasteiger partial charge in [0.05, 0.1) is 0 Å². The van der Waals surface area contributed by atoms with E-state index in [1.165, 1.54) is 25.0 Å². The van der Waals surface area contributed by atoms with Crippen molar-refractivity contribution in [1.29, 1.82) is 0 Å². The van der Waals surface area contributed by atoms with Crippen LogP contribution in [0, 0.1) is 5.41 Å². The fraction of sp³-hybridized carbons (Fsp3) is 0.941.